The van der Waals surface area contributed by atoms with Crippen molar-refractivity contribution in [3.05, 3.63) is 11.4 Å². The van der Waals surface area contributed by atoms with Crippen molar-refractivity contribution in [3.8, 4) is 0 Å². The number of nitrogens with zero attached hydrogens (tertiary/aromatic N) is 2. The molecule has 0 aliphatic carbocycles. The highest BCUT2D eigenvalue weighted by molar-refractivity contribution is 5.76. The SMILES string of the molecule is CC1=NC(C)=C(C)[N+]1(C)C.[OH-]. The number of quaternary nitrogens is 1. The van der Waals surface area contributed by atoms with Crippen molar-refractivity contribution < 1.29 is 9.96 Å². The molecule has 0 aromatic carbocycles. The zero-order valence-electron chi connectivity index (χ0n) is 7.84. The van der Waals surface area contributed by atoms with Crippen molar-refractivity contribution in [1.29, 1.82) is 0 Å². The minimum atomic E-state index is 0. The lowest BCUT2D eigenvalue weighted by Gasteiger charge is -2.23. The van der Waals surface area contributed by atoms with Crippen molar-refractivity contribution in [1.82, 2.24) is 0 Å². The lowest BCUT2D eigenvalue weighted by atomic mass is 10.3. The van der Waals surface area contributed by atoms with E-state index >= 15 is 0 Å². The number of allylic oxidation sites excluding steroid dienone is 2. The van der Waals surface area contributed by atoms with E-state index in [2.05, 4.69) is 39.9 Å². The summed E-state index contributed by atoms with van der Waals surface area (Å²) in [7, 11) is 4.31. The second kappa shape index (κ2) is 2.75. The van der Waals surface area contributed by atoms with Gasteiger partial charge in [0.1, 0.15) is 5.70 Å². The average molecular weight is 156 g/mol. The van der Waals surface area contributed by atoms with Gasteiger partial charge in [0.05, 0.1) is 19.8 Å². The topological polar surface area (TPSA) is 42.4 Å². The molecule has 0 fully saturated rings. The van der Waals surface area contributed by atoms with E-state index in [1.165, 1.54) is 17.2 Å². The first-order valence-corrected chi connectivity index (χ1v) is 3.54. The molecule has 3 nitrogen and oxygen atoms in total. The molecule has 0 spiro atoms. The molecule has 11 heavy (non-hydrogen) atoms. The van der Waals surface area contributed by atoms with Gasteiger partial charge in [0.25, 0.3) is 0 Å². The maximum absolute atomic E-state index is 4.39. The van der Waals surface area contributed by atoms with Gasteiger partial charge in [0, 0.05) is 13.8 Å². The molecule has 0 unspecified atom stereocenters. The summed E-state index contributed by atoms with van der Waals surface area (Å²) in [5.41, 5.74) is 2.51. The molecule has 1 rings (SSSR count). The summed E-state index contributed by atoms with van der Waals surface area (Å²) in [4.78, 5) is 4.39. The number of rotatable bonds is 0. The van der Waals surface area contributed by atoms with E-state index in [-0.39, 0.29) is 5.48 Å². The van der Waals surface area contributed by atoms with Gasteiger partial charge < -0.3 is 5.48 Å². The highest BCUT2D eigenvalue weighted by Crippen LogP contribution is 2.23. The molecule has 0 saturated heterocycles. The summed E-state index contributed by atoms with van der Waals surface area (Å²) < 4.78 is 0.839. The third-order valence-electron chi connectivity index (χ3n) is 2.50. The molecule has 0 aromatic heterocycles. The van der Waals surface area contributed by atoms with Crippen LogP contribution in [0.25, 0.3) is 0 Å². The summed E-state index contributed by atoms with van der Waals surface area (Å²) in [5.74, 6) is 1.18. The second-order valence-electron chi connectivity index (χ2n) is 3.28. The Hall–Kier alpha value is -0.670. The normalized spacial score (nSPS) is 21.4. The molecular weight excluding hydrogens is 140 g/mol. The van der Waals surface area contributed by atoms with Crippen molar-refractivity contribution in [2.45, 2.75) is 20.8 Å². The van der Waals surface area contributed by atoms with E-state index in [9.17, 15) is 0 Å². The highest BCUT2D eigenvalue weighted by atomic mass is 16.0. The number of aliphatic imine (C=N–C) groups is 1. The lowest BCUT2D eigenvalue weighted by Crippen LogP contribution is -2.39. The van der Waals surface area contributed by atoms with Crippen LogP contribution in [0.1, 0.15) is 20.8 Å². The van der Waals surface area contributed by atoms with E-state index in [1.807, 2.05) is 0 Å². The Kier molecular flexibility index (Phi) is 2.59. The number of amidine groups is 1. The van der Waals surface area contributed by atoms with Gasteiger partial charge in [-0.25, -0.2) is 0 Å². The Bertz CT molecular complexity index is 226. The van der Waals surface area contributed by atoms with Gasteiger partial charge in [0.2, 0.25) is 5.84 Å². The molecule has 0 radical (unpaired) electrons. The van der Waals surface area contributed by atoms with Crippen molar-refractivity contribution in [2.24, 2.45) is 4.99 Å². The van der Waals surface area contributed by atoms with E-state index in [0.717, 1.165) is 4.48 Å². The third kappa shape index (κ3) is 1.34. The number of hydrogen-bond donors (Lipinski definition) is 0. The summed E-state index contributed by atoms with van der Waals surface area (Å²) in [6.45, 7) is 6.27. The van der Waals surface area contributed by atoms with Gasteiger partial charge in [0.15, 0.2) is 0 Å². The highest BCUT2D eigenvalue weighted by Gasteiger charge is 2.30. The van der Waals surface area contributed by atoms with Crippen LogP contribution >= 0.6 is 0 Å². The molecule has 3 heteroatoms. The number of hydrogen-bond acceptors (Lipinski definition) is 2. The van der Waals surface area contributed by atoms with Gasteiger partial charge in [-0.3, -0.25) is 4.48 Å². The summed E-state index contributed by atoms with van der Waals surface area (Å²) in [6, 6.07) is 0. The second-order valence-corrected chi connectivity index (χ2v) is 3.28. The molecule has 1 N–H and O–H groups in total. The van der Waals surface area contributed by atoms with E-state index in [1.54, 1.807) is 0 Å². The maximum atomic E-state index is 4.39. The summed E-state index contributed by atoms with van der Waals surface area (Å²) >= 11 is 0. The van der Waals surface area contributed by atoms with Crippen LogP contribution in [0.4, 0.5) is 0 Å². The van der Waals surface area contributed by atoms with Gasteiger partial charge >= 0.3 is 0 Å². The molecule has 0 atom stereocenters. The summed E-state index contributed by atoms with van der Waals surface area (Å²) in [5, 5.41) is 0. The van der Waals surface area contributed by atoms with Gasteiger partial charge in [-0.1, -0.05) is 0 Å². The molecule has 64 valence electrons. The fourth-order valence-electron chi connectivity index (χ4n) is 1.10. The Balaban J connectivity index is 0.000001000. The van der Waals surface area contributed by atoms with Crippen molar-refractivity contribution in [2.75, 3.05) is 14.1 Å². The third-order valence-corrected chi connectivity index (χ3v) is 2.50. The standard InChI is InChI=1S/C8H15N2.H2O/c1-6-7(2)10(4,5)8(3)9-6;/h1-5H3;1H2/q+1;/p-1. The zero-order chi connectivity index (χ0) is 7.94. The smallest absolute Gasteiger partial charge is 0.204 e. The Morgan fingerprint density at radius 3 is 1.64 bits per heavy atom. The molecule has 0 amide bonds. The monoisotopic (exact) mass is 156 g/mol. The van der Waals surface area contributed by atoms with Gasteiger partial charge in [-0.2, -0.15) is 4.99 Å². The van der Waals surface area contributed by atoms with Crippen LogP contribution in [0.3, 0.4) is 0 Å². The van der Waals surface area contributed by atoms with Crippen molar-refractivity contribution >= 4 is 5.84 Å². The molecule has 1 heterocycles. The molecule has 0 aromatic rings. The van der Waals surface area contributed by atoms with Crippen LogP contribution in [0.15, 0.2) is 16.4 Å². The van der Waals surface area contributed by atoms with Gasteiger partial charge in [-0.15, -0.1) is 0 Å². The Morgan fingerprint density at radius 1 is 1.09 bits per heavy atom. The zero-order valence-corrected chi connectivity index (χ0v) is 7.84. The minimum Gasteiger partial charge on any atom is -0.870 e. The van der Waals surface area contributed by atoms with Crippen LogP contribution in [0, 0.1) is 0 Å². The lowest BCUT2D eigenvalue weighted by molar-refractivity contribution is -0.755. The molecule has 1 aliphatic heterocycles. The van der Waals surface area contributed by atoms with E-state index < -0.39 is 0 Å². The average Bonchev–Trinajstić information content (AvgIpc) is 1.97. The first kappa shape index (κ1) is 10.3. The van der Waals surface area contributed by atoms with E-state index in [0.29, 0.717) is 0 Å². The largest absolute Gasteiger partial charge is 0.870 e. The predicted octanol–water partition coefficient (Wildman–Crippen LogP) is 1.57. The quantitative estimate of drug-likeness (QED) is 0.491. The Labute approximate surface area is 67.9 Å². The fourth-order valence-corrected chi connectivity index (χ4v) is 1.10. The van der Waals surface area contributed by atoms with E-state index in [4.69, 9.17) is 0 Å². The Morgan fingerprint density at radius 2 is 1.55 bits per heavy atom. The van der Waals surface area contributed by atoms with Crippen LogP contribution in [-0.2, 0) is 0 Å². The minimum absolute atomic E-state index is 0. The van der Waals surface area contributed by atoms with Crippen LogP contribution < -0.4 is 0 Å². The molecule has 0 saturated carbocycles. The summed E-state index contributed by atoms with van der Waals surface area (Å²) in [6.07, 6.45) is 0. The van der Waals surface area contributed by atoms with Crippen LogP contribution in [0.2, 0.25) is 0 Å². The first-order valence-electron chi connectivity index (χ1n) is 3.54. The molecule has 0 bridgehead atoms. The van der Waals surface area contributed by atoms with Crippen molar-refractivity contribution in [3.63, 3.8) is 0 Å². The van der Waals surface area contributed by atoms with Gasteiger partial charge in [-0.05, 0) is 6.92 Å². The van der Waals surface area contributed by atoms with Crippen LogP contribution in [0.5, 0.6) is 0 Å². The first-order chi connectivity index (χ1) is 4.46. The molecule has 1 aliphatic rings. The molecular formula is C8H16N2O. The van der Waals surface area contributed by atoms with Crippen LogP contribution in [-0.4, -0.2) is 29.9 Å². The predicted molar refractivity (Wildman–Crippen MR) is 45.5 cm³/mol. The fraction of sp³-hybridized carbons (Fsp3) is 0.625. The maximum Gasteiger partial charge on any atom is 0.204 e.